The number of aryl methyl sites for hydroxylation is 1. The van der Waals surface area contributed by atoms with Crippen molar-refractivity contribution < 1.29 is 14.1 Å². The van der Waals surface area contributed by atoms with E-state index in [-0.39, 0.29) is 6.03 Å². The van der Waals surface area contributed by atoms with Crippen LogP contribution in [-0.4, -0.2) is 42.8 Å². The molecule has 1 aromatic heterocycles. The fourth-order valence-corrected chi connectivity index (χ4v) is 1.08. The van der Waals surface area contributed by atoms with Gasteiger partial charge in [0.2, 0.25) is 0 Å². The molecule has 0 bridgehead atoms. The number of aromatic nitrogens is 2. The molecule has 1 amide bonds. The molecule has 1 aromatic rings. The lowest BCUT2D eigenvalue weighted by Gasteiger charge is -2.12. The number of likely N-dealkylation sites (N-methyl/N-ethyl adjacent to an activating group) is 1. The Morgan fingerprint density at radius 3 is 2.86 bits per heavy atom. The normalized spacial score (nSPS) is 10.2. The summed E-state index contributed by atoms with van der Waals surface area (Å²) in [4.78, 5) is 13.3. The van der Waals surface area contributed by atoms with Crippen molar-refractivity contribution in [3.63, 3.8) is 0 Å². The zero-order chi connectivity index (χ0) is 10.6. The molecule has 0 spiro atoms. The lowest BCUT2D eigenvalue weighted by molar-refractivity contribution is -0.670. The molecule has 78 valence electrons. The van der Waals surface area contributed by atoms with Crippen molar-refractivity contribution in [1.29, 1.82) is 0 Å². The summed E-state index contributed by atoms with van der Waals surface area (Å²) in [5.41, 5.74) is 0. The van der Waals surface area contributed by atoms with Crippen molar-refractivity contribution in [3.05, 3.63) is 18.7 Å². The number of rotatable bonds is 3. The van der Waals surface area contributed by atoms with Crippen LogP contribution in [0.1, 0.15) is 0 Å². The third-order valence-electron chi connectivity index (χ3n) is 1.95. The van der Waals surface area contributed by atoms with Crippen LogP contribution in [0, 0.1) is 0 Å². The summed E-state index contributed by atoms with van der Waals surface area (Å²) in [6.45, 7) is 1.15. The Morgan fingerprint density at radius 1 is 1.64 bits per heavy atom. The minimum absolute atomic E-state index is 0.0531. The summed E-state index contributed by atoms with van der Waals surface area (Å²) in [5, 5.41) is 0. The summed E-state index contributed by atoms with van der Waals surface area (Å²) < 4.78 is 8.25. The lowest BCUT2D eigenvalue weighted by Crippen LogP contribution is -2.34. The fourth-order valence-electron chi connectivity index (χ4n) is 1.08. The number of hydrogen-bond acceptors (Lipinski definition) is 2. The van der Waals surface area contributed by atoms with Crippen molar-refractivity contribution >= 4 is 6.03 Å². The second-order valence-corrected chi connectivity index (χ2v) is 3.18. The number of nitrogens with zero attached hydrogens (tertiary/aromatic N) is 3. The van der Waals surface area contributed by atoms with Gasteiger partial charge in [-0.1, -0.05) is 0 Å². The van der Waals surface area contributed by atoms with Gasteiger partial charge in [0.1, 0.15) is 12.4 Å². The van der Waals surface area contributed by atoms with Gasteiger partial charge in [0.05, 0.1) is 13.7 Å². The molecule has 0 saturated carbocycles. The minimum atomic E-state index is -0.0531. The van der Waals surface area contributed by atoms with Gasteiger partial charge >= 0.3 is 6.03 Å². The maximum absolute atomic E-state index is 11.7. The number of hydrogen-bond donors (Lipinski definition) is 0. The molecule has 1 rings (SSSR count). The van der Waals surface area contributed by atoms with E-state index in [1.54, 1.807) is 31.6 Å². The predicted molar refractivity (Wildman–Crippen MR) is 50.9 cm³/mol. The van der Waals surface area contributed by atoms with Crippen molar-refractivity contribution in [2.24, 2.45) is 7.05 Å². The van der Waals surface area contributed by atoms with Crippen molar-refractivity contribution in [2.75, 3.05) is 27.3 Å². The molecule has 0 aromatic carbocycles. The Balaban J connectivity index is 2.56. The average molecular weight is 198 g/mol. The molecule has 5 nitrogen and oxygen atoms in total. The molecule has 0 aliphatic rings. The second kappa shape index (κ2) is 4.76. The van der Waals surface area contributed by atoms with E-state index in [0.29, 0.717) is 13.2 Å². The van der Waals surface area contributed by atoms with Crippen LogP contribution in [0.2, 0.25) is 0 Å². The third-order valence-corrected chi connectivity index (χ3v) is 1.95. The van der Waals surface area contributed by atoms with E-state index in [0.717, 1.165) is 0 Å². The van der Waals surface area contributed by atoms with Gasteiger partial charge in [0, 0.05) is 20.7 Å². The summed E-state index contributed by atoms with van der Waals surface area (Å²) in [6.07, 6.45) is 5.28. The van der Waals surface area contributed by atoms with Crippen LogP contribution < -0.4 is 4.57 Å². The lowest BCUT2D eigenvalue weighted by atomic mass is 10.6. The molecule has 0 radical (unpaired) electrons. The molecular formula is C9H16N3O2+. The van der Waals surface area contributed by atoms with Gasteiger partial charge in [-0.3, -0.25) is 0 Å². The van der Waals surface area contributed by atoms with E-state index in [4.69, 9.17) is 4.74 Å². The van der Waals surface area contributed by atoms with E-state index in [9.17, 15) is 4.79 Å². The molecule has 1 heterocycles. The molecule has 0 fully saturated rings. The summed E-state index contributed by atoms with van der Waals surface area (Å²) >= 11 is 0. The Bertz CT molecular complexity index is 309. The maximum Gasteiger partial charge on any atom is 0.415 e. The molecule has 0 N–H and O–H groups in total. The average Bonchev–Trinajstić information content (AvgIpc) is 2.60. The highest BCUT2D eigenvalue weighted by atomic mass is 16.5. The Labute approximate surface area is 83.5 Å². The quantitative estimate of drug-likeness (QED) is 0.634. The molecular weight excluding hydrogens is 182 g/mol. The standard InChI is InChI=1S/C9H16N3O2/c1-10-4-5-12(8-10)9(13)11(2)6-7-14-3/h4-5,8H,6-7H2,1-3H3/q+1. The number of amides is 1. The van der Waals surface area contributed by atoms with Crippen LogP contribution in [0.3, 0.4) is 0 Å². The van der Waals surface area contributed by atoms with E-state index < -0.39 is 0 Å². The maximum atomic E-state index is 11.7. The third kappa shape index (κ3) is 2.56. The van der Waals surface area contributed by atoms with Gasteiger partial charge in [-0.25, -0.2) is 9.36 Å². The Kier molecular flexibility index (Phi) is 3.64. The molecule has 5 heteroatoms. The first-order valence-electron chi connectivity index (χ1n) is 4.43. The molecule has 0 aliphatic heterocycles. The highest BCUT2D eigenvalue weighted by Crippen LogP contribution is 1.91. The first-order chi connectivity index (χ1) is 6.65. The molecule has 0 saturated heterocycles. The highest BCUT2D eigenvalue weighted by molar-refractivity contribution is 5.76. The van der Waals surface area contributed by atoms with E-state index in [1.165, 1.54) is 4.57 Å². The summed E-state index contributed by atoms with van der Waals surface area (Å²) in [7, 11) is 5.24. The monoisotopic (exact) mass is 198 g/mol. The summed E-state index contributed by atoms with van der Waals surface area (Å²) in [5.74, 6) is 0. The number of ether oxygens (including phenoxy) is 1. The van der Waals surface area contributed by atoms with Crippen LogP contribution in [0.15, 0.2) is 18.7 Å². The van der Waals surface area contributed by atoms with Gasteiger partial charge in [-0.15, -0.1) is 0 Å². The van der Waals surface area contributed by atoms with E-state index in [1.807, 2.05) is 17.8 Å². The van der Waals surface area contributed by atoms with Crippen LogP contribution in [-0.2, 0) is 11.8 Å². The first-order valence-corrected chi connectivity index (χ1v) is 4.43. The SMILES string of the molecule is COCCN(C)C(=O)n1cc[n+](C)c1. The van der Waals surface area contributed by atoms with Gasteiger partial charge in [-0.2, -0.15) is 4.57 Å². The fraction of sp³-hybridized carbons (Fsp3) is 0.556. The van der Waals surface area contributed by atoms with Crippen molar-refractivity contribution in [1.82, 2.24) is 9.47 Å². The number of methoxy groups -OCH3 is 1. The number of carbonyl (C=O) groups is 1. The minimum Gasteiger partial charge on any atom is -0.383 e. The molecule has 0 aliphatic carbocycles. The largest absolute Gasteiger partial charge is 0.415 e. The zero-order valence-corrected chi connectivity index (χ0v) is 8.80. The molecule has 0 atom stereocenters. The first kappa shape index (κ1) is 10.7. The Morgan fingerprint density at radius 2 is 2.36 bits per heavy atom. The van der Waals surface area contributed by atoms with Crippen LogP contribution in [0.5, 0.6) is 0 Å². The van der Waals surface area contributed by atoms with Gasteiger partial charge in [0.25, 0.3) is 6.33 Å². The second-order valence-electron chi connectivity index (χ2n) is 3.18. The number of imidazole rings is 1. The van der Waals surface area contributed by atoms with Gasteiger partial charge < -0.3 is 9.64 Å². The smallest absolute Gasteiger partial charge is 0.383 e. The van der Waals surface area contributed by atoms with Crippen LogP contribution >= 0.6 is 0 Å². The van der Waals surface area contributed by atoms with Crippen LogP contribution in [0.4, 0.5) is 4.79 Å². The highest BCUT2D eigenvalue weighted by Gasteiger charge is 2.15. The van der Waals surface area contributed by atoms with E-state index >= 15 is 0 Å². The topological polar surface area (TPSA) is 38.4 Å². The zero-order valence-electron chi connectivity index (χ0n) is 8.80. The predicted octanol–water partition coefficient (Wildman–Crippen LogP) is -0.141. The van der Waals surface area contributed by atoms with Crippen molar-refractivity contribution in [2.45, 2.75) is 0 Å². The molecule has 0 unspecified atom stereocenters. The number of carbonyl (C=O) groups excluding carboxylic acids is 1. The molecule has 14 heavy (non-hydrogen) atoms. The summed E-state index contributed by atoms with van der Waals surface area (Å²) in [6, 6.07) is -0.0531. The van der Waals surface area contributed by atoms with Crippen LogP contribution in [0.25, 0.3) is 0 Å². The van der Waals surface area contributed by atoms with Gasteiger partial charge in [0.15, 0.2) is 0 Å². The van der Waals surface area contributed by atoms with E-state index in [2.05, 4.69) is 0 Å². The Hall–Kier alpha value is -1.36. The van der Waals surface area contributed by atoms with Crippen molar-refractivity contribution in [3.8, 4) is 0 Å². The van der Waals surface area contributed by atoms with Gasteiger partial charge in [-0.05, 0) is 0 Å².